The van der Waals surface area contributed by atoms with E-state index in [9.17, 15) is 5.11 Å². The molecule has 0 amide bonds. The smallest absolute Gasteiger partial charge is 0.161 e. The molecule has 16 nitrogen and oxygen atoms in total. The molecular weight excluding hydrogens is 1720 g/mol. The SMILES string of the molecule is C#CCn1c(-c2ccc(OC3CCCC3)c(OC)c2)nc(-c2ccccc2)c1-c1ccccc1.CCCCCCn1c(-c2ccc(CO)c(OC3CCCC3)c2)nc(-c2ccccc2)c1-c1ccccc1.COc1cc(-c2nc(-c3ccccc3)c(-c3ccccc3)[nH]2)ccc1OC1CCCC1.COc1cc(-c2nc(-c3ccccc3)c(-c3ccccc3)n2C2CCCCC2)ccc1OC1CCCC1. The van der Waals surface area contributed by atoms with E-state index in [0.717, 1.165) is 223 Å². The summed E-state index contributed by atoms with van der Waals surface area (Å²) >= 11 is 0. The molecule has 0 bridgehead atoms. The van der Waals surface area contributed by atoms with E-state index in [1.54, 1.807) is 21.3 Å². The molecule has 708 valence electrons. The van der Waals surface area contributed by atoms with Gasteiger partial charge in [-0.2, -0.15) is 0 Å². The van der Waals surface area contributed by atoms with Crippen molar-refractivity contribution >= 4 is 0 Å². The van der Waals surface area contributed by atoms with Gasteiger partial charge in [-0.25, -0.2) is 19.9 Å². The number of nitrogens with zero attached hydrogens (tertiary/aromatic N) is 7. The van der Waals surface area contributed by atoms with Crippen LogP contribution in [0.1, 0.15) is 179 Å². The molecule has 0 spiro atoms. The summed E-state index contributed by atoms with van der Waals surface area (Å²) in [7, 11) is 5.10. The van der Waals surface area contributed by atoms with Crippen LogP contribution in [0.15, 0.2) is 315 Å². The van der Waals surface area contributed by atoms with Crippen molar-refractivity contribution < 1.29 is 38.3 Å². The summed E-state index contributed by atoms with van der Waals surface area (Å²) in [5.74, 6) is 11.8. The van der Waals surface area contributed by atoms with E-state index in [1.165, 1.54) is 120 Å². The van der Waals surface area contributed by atoms with Crippen LogP contribution in [-0.4, -0.2) is 89.5 Å². The van der Waals surface area contributed by atoms with Crippen molar-refractivity contribution in [3.05, 3.63) is 321 Å². The highest BCUT2D eigenvalue weighted by molar-refractivity contribution is 5.87. The number of aliphatic hydroxyl groups is 1. The topological polar surface area (TPSA) is 167 Å². The van der Waals surface area contributed by atoms with Gasteiger partial charge in [-0.3, -0.25) is 0 Å². The third-order valence-electron chi connectivity index (χ3n) is 27.5. The Bertz CT molecular complexity index is 6590. The maximum Gasteiger partial charge on any atom is 0.161 e. The van der Waals surface area contributed by atoms with E-state index in [2.05, 4.69) is 238 Å². The number of terminal acetylenes is 1. The van der Waals surface area contributed by atoms with Crippen molar-refractivity contribution in [2.75, 3.05) is 21.3 Å². The Hall–Kier alpha value is -14.4. The largest absolute Gasteiger partial charge is 0.493 e. The van der Waals surface area contributed by atoms with Gasteiger partial charge in [0.25, 0.3) is 0 Å². The summed E-state index contributed by atoms with van der Waals surface area (Å²) in [6.07, 6.45) is 36.5. The molecule has 0 unspecified atom stereocenters. The summed E-state index contributed by atoms with van der Waals surface area (Å²) in [6, 6.07) is 109. The van der Waals surface area contributed by atoms with Crippen LogP contribution in [-0.2, 0) is 19.7 Å². The first-order valence-electron chi connectivity index (χ1n) is 50.5. The average Bonchev–Trinajstić information content (AvgIpc) is 1.61. The van der Waals surface area contributed by atoms with Gasteiger partial charge in [-0.15, -0.1) is 6.42 Å². The van der Waals surface area contributed by atoms with Crippen LogP contribution >= 0.6 is 0 Å². The monoisotopic (exact) mass is 1840 g/mol. The minimum atomic E-state index is -0.0294. The normalized spacial score (nSPS) is 14.5. The van der Waals surface area contributed by atoms with Gasteiger partial charge in [0.1, 0.15) is 29.0 Å². The third-order valence-corrected chi connectivity index (χ3v) is 27.5. The van der Waals surface area contributed by atoms with E-state index in [0.29, 0.717) is 24.4 Å². The summed E-state index contributed by atoms with van der Waals surface area (Å²) < 4.78 is 49.5. The number of methoxy groups -OCH3 is 3. The van der Waals surface area contributed by atoms with Crippen LogP contribution in [0.3, 0.4) is 0 Å². The number of rotatable bonds is 31. The second kappa shape index (κ2) is 47.1. The zero-order valence-electron chi connectivity index (χ0n) is 80.7. The number of unbranched alkanes of at least 4 members (excludes halogenated alkanes) is 3. The first-order chi connectivity index (χ1) is 68.7. The van der Waals surface area contributed by atoms with Crippen LogP contribution in [0.4, 0.5) is 0 Å². The fraction of sp³-hybridized carbons (Fsp3) is 0.301. The number of aromatic nitrogens is 8. The van der Waals surface area contributed by atoms with Gasteiger partial charge in [-0.1, -0.05) is 306 Å². The number of imidazole rings is 4. The Balaban J connectivity index is 0.000000123. The van der Waals surface area contributed by atoms with Gasteiger partial charge in [0.15, 0.2) is 34.5 Å². The molecule has 5 fully saturated rings. The Labute approximate surface area is 819 Å². The summed E-state index contributed by atoms with van der Waals surface area (Å²) in [4.78, 5) is 24.3. The van der Waals surface area contributed by atoms with Crippen molar-refractivity contribution in [3.8, 4) is 188 Å². The van der Waals surface area contributed by atoms with Gasteiger partial charge in [-0.05, 0) is 183 Å². The molecule has 0 radical (unpaired) electrons. The lowest BCUT2D eigenvalue weighted by Crippen LogP contribution is -2.15. The predicted octanol–water partition coefficient (Wildman–Crippen LogP) is 30.6. The van der Waals surface area contributed by atoms with Gasteiger partial charge in [0.2, 0.25) is 0 Å². The highest BCUT2D eigenvalue weighted by atomic mass is 16.5. The van der Waals surface area contributed by atoms with Crippen LogP contribution in [0.5, 0.6) is 40.2 Å². The van der Waals surface area contributed by atoms with Gasteiger partial charge >= 0.3 is 0 Å². The number of hydrogen-bond acceptors (Lipinski definition) is 12. The maximum atomic E-state index is 10.0. The standard InChI is InChI=1S/C33H36N2O2.C33H38N2O2.C30H28N2O2.C27H26N2O2/c1-36-30-23-26(21-22-29(30)37-28-19-11-12-20-28)33-34-31(24-13-5-2-6-14-24)32(25-15-7-3-8-16-25)35(33)27-17-9-4-10-18-27;1-2-3-4-13-22-35-32(26-16-9-6-10-17-26)31(25-14-7-5-8-15-25)34-33(35)27-20-21-28(24-36)30(23-27)37-29-18-11-12-19-29;1-3-20-32-29(23-14-8-5-9-15-23)28(22-12-6-4-7-13-22)31-30(32)24-18-19-26(27(21-24)33-2)34-25-16-10-11-17-25;1-30-24-18-21(16-17-23(24)31-22-14-8-9-15-22)27-28-25(19-10-4-2-5-11-19)26(29-27)20-12-6-3-7-13-20/h2-3,5-8,13-16,21-23,27-28H,4,9-12,17-20H2,1H3;5-10,14-17,20-21,23,29,36H,2-4,11-13,18-19,22,24H2,1H3;1,4-9,12-15,18-19,21,25H,10-11,16-17,20H2,2H3;2-7,10-13,16-18,22H,8-9,14-15H2,1H3,(H,28,29). The summed E-state index contributed by atoms with van der Waals surface area (Å²) in [5, 5.41) is 10.0. The van der Waals surface area contributed by atoms with E-state index in [4.69, 9.17) is 59.5 Å². The predicted molar refractivity (Wildman–Crippen MR) is 563 cm³/mol. The molecule has 5 aliphatic carbocycles. The first kappa shape index (κ1) is 94.9. The Morgan fingerprint density at radius 3 is 1.06 bits per heavy atom. The zero-order valence-corrected chi connectivity index (χ0v) is 80.7. The number of nitrogens with one attached hydrogen (secondary N) is 1. The quantitative estimate of drug-likeness (QED) is 0.0312. The molecule has 139 heavy (non-hydrogen) atoms. The molecule has 4 heterocycles. The van der Waals surface area contributed by atoms with Gasteiger partial charge in [0.05, 0.1) is 104 Å². The molecule has 2 N–H and O–H groups in total. The Kier molecular flexibility index (Phi) is 32.2. The number of benzene rings is 12. The van der Waals surface area contributed by atoms with Crippen molar-refractivity contribution in [2.24, 2.45) is 0 Å². The van der Waals surface area contributed by atoms with Crippen LogP contribution in [0.2, 0.25) is 0 Å². The number of hydrogen-bond donors (Lipinski definition) is 2. The Morgan fingerprint density at radius 1 is 0.317 bits per heavy atom. The average molecular weight is 1850 g/mol. The first-order valence-corrected chi connectivity index (χ1v) is 50.5. The summed E-state index contributed by atoms with van der Waals surface area (Å²) in [6.45, 7) is 3.53. The summed E-state index contributed by atoms with van der Waals surface area (Å²) in [5.41, 5.74) is 22.0. The fourth-order valence-corrected chi connectivity index (χ4v) is 20.4. The van der Waals surface area contributed by atoms with Crippen LogP contribution in [0.25, 0.3) is 136 Å². The fourth-order valence-electron chi connectivity index (χ4n) is 20.4. The number of aromatic amines is 1. The molecule has 21 rings (SSSR count). The lowest BCUT2D eigenvalue weighted by molar-refractivity contribution is 0.199. The Morgan fingerprint density at radius 2 is 0.647 bits per heavy atom. The van der Waals surface area contributed by atoms with Crippen molar-refractivity contribution in [1.29, 1.82) is 0 Å². The molecule has 0 saturated heterocycles. The second-order valence-corrected chi connectivity index (χ2v) is 37.0. The van der Waals surface area contributed by atoms with Crippen molar-refractivity contribution in [2.45, 2.75) is 218 Å². The lowest BCUT2D eigenvalue weighted by atomic mass is 9.94. The van der Waals surface area contributed by atoms with Crippen LogP contribution < -0.4 is 33.2 Å². The number of H-pyrrole nitrogens is 1. The minimum Gasteiger partial charge on any atom is -0.493 e. The van der Waals surface area contributed by atoms with Crippen LogP contribution in [0, 0.1) is 12.3 Å². The van der Waals surface area contributed by atoms with Crippen molar-refractivity contribution in [1.82, 2.24) is 38.6 Å². The zero-order chi connectivity index (χ0) is 94.9. The van der Waals surface area contributed by atoms with Gasteiger partial charge < -0.3 is 56.9 Å². The highest BCUT2D eigenvalue weighted by Gasteiger charge is 2.32. The van der Waals surface area contributed by atoms with E-state index < -0.39 is 0 Å². The molecular formula is C123H128N8O8. The van der Waals surface area contributed by atoms with Gasteiger partial charge in [0, 0.05) is 84.9 Å². The lowest BCUT2D eigenvalue weighted by Gasteiger charge is -2.27. The molecule has 12 aromatic carbocycles. The molecule has 0 aliphatic heterocycles. The molecule has 16 aromatic rings. The van der Waals surface area contributed by atoms with Crippen molar-refractivity contribution in [3.63, 3.8) is 0 Å². The number of aliphatic hydroxyl groups excluding tert-OH is 1. The molecule has 5 saturated carbocycles. The highest BCUT2D eigenvalue weighted by Crippen LogP contribution is 2.48. The molecule has 4 aromatic heterocycles. The molecule has 0 atom stereocenters. The third kappa shape index (κ3) is 22.9. The van der Waals surface area contributed by atoms with E-state index >= 15 is 0 Å². The minimum absolute atomic E-state index is 0.0294. The van der Waals surface area contributed by atoms with E-state index in [-0.39, 0.29) is 24.9 Å². The number of ether oxygens (including phenoxy) is 7. The second-order valence-electron chi connectivity index (χ2n) is 37.0. The molecule has 5 aliphatic rings. The molecule has 16 heteroatoms. The van der Waals surface area contributed by atoms with E-state index in [1.807, 2.05) is 109 Å². The maximum absolute atomic E-state index is 10.0.